The highest BCUT2D eigenvalue weighted by molar-refractivity contribution is 5.92. The molecule has 0 aromatic carbocycles. The van der Waals surface area contributed by atoms with Gasteiger partial charge in [0.2, 0.25) is 0 Å². The molecule has 0 aliphatic rings. The molecule has 0 unspecified atom stereocenters. The lowest BCUT2D eigenvalue weighted by atomic mass is 10.2. The summed E-state index contributed by atoms with van der Waals surface area (Å²) >= 11 is 0. The zero-order valence-electron chi connectivity index (χ0n) is 5.37. The Morgan fingerprint density at radius 2 is 2.40 bits per heavy atom. The standard InChI is InChI=1S/C7H7N2O/c1-5-3-2-4-9-6(5)7(8)10/h2-4H,1H2,(H2,8,10). The van der Waals surface area contributed by atoms with Crippen molar-refractivity contribution in [2.75, 3.05) is 0 Å². The van der Waals surface area contributed by atoms with Crippen LogP contribution in [0.25, 0.3) is 0 Å². The molecule has 1 heterocycles. The van der Waals surface area contributed by atoms with Gasteiger partial charge in [-0.25, -0.2) is 0 Å². The van der Waals surface area contributed by atoms with Gasteiger partial charge < -0.3 is 5.73 Å². The molecule has 0 atom stereocenters. The van der Waals surface area contributed by atoms with Crippen LogP contribution in [0.4, 0.5) is 0 Å². The van der Waals surface area contributed by atoms with E-state index in [1.54, 1.807) is 12.1 Å². The number of pyridine rings is 1. The first-order chi connectivity index (χ1) is 4.72. The number of hydrogen-bond donors (Lipinski definition) is 1. The van der Waals surface area contributed by atoms with Crippen LogP contribution >= 0.6 is 0 Å². The van der Waals surface area contributed by atoms with Gasteiger partial charge in [0.1, 0.15) is 5.69 Å². The maximum absolute atomic E-state index is 10.5. The lowest BCUT2D eigenvalue weighted by Crippen LogP contribution is -2.14. The highest BCUT2D eigenvalue weighted by Gasteiger charge is 2.02. The molecular formula is C7H7N2O. The fourth-order valence-electron chi connectivity index (χ4n) is 0.660. The average molecular weight is 135 g/mol. The fourth-order valence-corrected chi connectivity index (χ4v) is 0.660. The second-order valence-corrected chi connectivity index (χ2v) is 1.88. The molecule has 3 nitrogen and oxygen atoms in total. The van der Waals surface area contributed by atoms with Crippen molar-refractivity contribution >= 4 is 5.91 Å². The fraction of sp³-hybridized carbons (Fsp3) is 0. The number of amides is 1. The van der Waals surface area contributed by atoms with Crippen LogP contribution in [0.1, 0.15) is 16.1 Å². The predicted molar refractivity (Wildman–Crippen MR) is 37.2 cm³/mol. The average Bonchev–Trinajstić information content (AvgIpc) is 1.88. The number of nitrogens with two attached hydrogens (primary N) is 1. The van der Waals surface area contributed by atoms with E-state index >= 15 is 0 Å². The normalized spacial score (nSPS) is 9.30. The third-order valence-corrected chi connectivity index (χ3v) is 1.12. The van der Waals surface area contributed by atoms with Gasteiger partial charge in [0.25, 0.3) is 5.91 Å². The Labute approximate surface area is 58.9 Å². The van der Waals surface area contributed by atoms with Crippen LogP contribution in [-0.2, 0) is 0 Å². The number of nitrogens with zero attached hydrogens (tertiary/aromatic N) is 1. The van der Waals surface area contributed by atoms with Crippen molar-refractivity contribution < 1.29 is 4.79 Å². The first-order valence-corrected chi connectivity index (χ1v) is 2.78. The zero-order chi connectivity index (χ0) is 7.56. The molecule has 3 heteroatoms. The number of primary amides is 1. The summed E-state index contributed by atoms with van der Waals surface area (Å²) in [6.45, 7) is 3.58. The van der Waals surface area contributed by atoms with Crippen LogP contribution in [0.2, 0.25) is 0 Å². The third kappa shape index (κ3) is 1.13. The van der Waals surface area contributed by atoms with Gasteiger partial charge in [0.05, 0.1) is 0 Å². The van der Waals surface area contributed by atoms with E-state index in [4.69, 9.17) is 5.73 Å². The first-order valence-electron chi connectivity index (χ1n) is 2.78. The molecule has 51 valence electrons. The Hall–Kier alpha value is -1.38. The quantitative estimate of drug-likeness (QED) is 0.604. The van der Waals surface area contributed by atoms with Crippen LogP contribution in [-0.4, -0.2) is 10.9 Å². The van der Waals surface area contributed by atoms with Gasteiger partial charge in [0, 0.05) is 6.20 Å². The number of hydrogen-bond acceptors (Lipinski definition) is 2. The van der Waals surface area contributed by atoms with Gasteiger partial charge in [0.15, 0.2) is 0 Å². The van der Waals surface area contributed by atoms with Gasteiger partial charge in [-0.15, -0.1) is 0 Å². The van der Waals surface area contributed by atoms with Crippen LogP contribution in [0.3, 0.4) is 0 Å². The predicted octanol–water partition coefficient (Wildman–Crippen LogP) is 0.363. The molecule has 0 spiro atoms. The van der Waals surface area contributed by atoms with Crippen LogP contribution in [0, 0.1) is 6.92 Å². The molecule has 10 heavy (non-hydrogen) atoms. The van der Waals surface area contributed by atoms with Crippen molar-refractivity contribution in [2.24, 2.45) is 5.73 Å². The van der Waals surface area contributed by atoms with Gasteiger partial charge in [-0.05, 0) is 18.6 Å². The molecular weight excluding hydrogens is 128 g/mol. The monoisotopic (exact) mass is 135 g/mol. The minimum absolute atomic E-state index is 0.238. The molecule has 1 rings (SSSR count). The largest absolute Gasteiger partial charge is 0.364 e. The number of carbonyl (C=O) groups excluding carboxylic acids is 1. The molecule has 2 N–H and O–H groups in total. The van der Waals surface area contributed by atoms with E-state index in [0.29, 0.717) is 5.56 Å². The summed E-state index contributed by atoms with van der Waals surface area (Å²) in [5.41, 5.74) is 5.78. The molecule has 0 bridgehead atoms. The van der Waals surface area contributed by atoms with Gasteiger partial charge in [-0.3, -0.25) is 9.78 Å². The van der Waals surface area contributed by atoms with Crippen molar-refractivity contribution in [1.29, 1.82) is 0 Å². The minimum Gasteiger partial charge on any atom is -0.364 e. The Morgan fingerprint density at radius 1 is 1.70 bits per heavy atom. The maximum Gasteiger partial charge on any atom is 0.267 e. The Balaban J connectivity index is 3.15. The number of rotatable bonds is 1. The van der Waals surface area contributed by atoms with Gasteiger partial charge >= 0.3 is 0 Å². The Bertz CT molecular complexity index is 258. The molecule has 1 radical (unpaired) electrons. The van der Waals surface area contributed by atoms with Crippen LogP contribution < -0.4 is 5.73 Å². The molecule has 0 aliphatic carbocycles. The smallest absolute Gasteiger partial charge is 0.267 e. The third-order valence-electron chi connectivity index (χ3n) is 1.12. The summed E-state index contributed by atoms with van der Waals surface area (Å²) in [7, 11) is 0. The topological polar surface area (TPSA) is 56.0 Å². The number of carbonyl (C=O) groups is 1. The van der Waals surface area contributed by atoms with E-state index < -0.39 is 5.91 Å². The molecule has 1 amide bonds. The van der Waals surface area contributed by atoms with E-state index in [1.165, 1.54) is 6.20 Å². The summed E-state index contributed by atoms with van der Waals surface area (Å²) in [6, 6.07) is 3.39. The van der Waals surface area contributed by atoms with E-state index in [0.717, 1.165) is 0 Å². The summed E-state index contributed by atoms with van der Waals surface area (Å²) in [5, 5.41) is 0. The lowest BCUT2D eigenvalue weighted by molar-refractivity contribution is 0.0995. The van der Waals surface area contributed by atoms with Crippen molar-refractivity contribution in [3.05, 3.63) is 36.5 Å². The van der Waals surface area contributed by atoms with E-state index in [9.17, 15) is 4.79 Å². The first kappa shape index (κ1) is 6.74. The van der Waals surface area contributed by atoms with E-state index in [-0.39, 0.29) is 5.69 Å². The van der Waals surface area contributed by atoms with Crippen molar-refractivity contribution in [1.82, 2.24) is 4.98 Å². The molecule has 1 aromatic heterocycles. The molecule has 0 saturated carbocycles. The summed E-state index contributed by atoms with van der Waals surface area (Å²) in [5.74, 6) is -0.536. The molecule has 0 aliphatic heterocycles. The highest BCUT2D eigenvalue weighted by Crippen LogP contribution is 2.00. The molecule has 0 fully saturated rings. The van der Waals surface area contributed by atoms with E-state index in [1.807, 2.05) is 0 Å². The Kier molecular flexibility index (Phi) is 1.67. The van der Waals surface area contributed by atoms with Crippen molar-refractivity contribution in [3.8, 4) is 0 Å². The zero-order valence-corrected chi connectivity index (χ0v) is 5.37. The summed E-state index contributed by atoms with van der Waals surface area (Å²) < 4.78 is 0. The second-order valence-electron chi connectivity index (χ2n) is 1.88. The summed E-state index contributed by atoms with van der Waals surface area (Å²) in [4.78, 5) is 14.3. The van der Waals surface area contributed by atoms with Gasteiger partial charge in [-0.1, -0.05) is 6.07 Å². The van der Waals surface area contributed by atoms with Crippen LogP contribution in [0.15, 0.2) is 18.3 Å². The SMILES string of the molecule is [CH2]c1cccnc1C(N)=O. The second kappa shape index (κ2) is 2.47. The van der Waals surface area contributed by atoms with Gasteiger partial charge in [-0.2, -0.15) is 0 Å². The van der Waals surface area contributed by atoms with Crippen molar-refractivity contribution in [3.63, 3.8) is 0 Å². The van der Waals surface area contributed by atoms with Crippen molar-refractivity contribution in [2.45, 2.75) is 0 Å². The van der Waals surface area contributed by atoms with E-state index in [2.05, 4.69) is 11.9 Å². The lowest BCUT2D eigenvalue weighted by Gasteiger charge is -1.96. The molecule has 1 aromatic rings. The summed E-state index contributed by atoms with van der Waals surface area (Å²) in [6.07, 6.45) is 1.51. The van der Waals surface area contributed by atoms with Crippen LogP contribution in [0.5, 0.6) is 0 Å². The number of aromatic nitrogens is 1. The highest BCUT2D eigenvalue weighted by atomic mass is 16.1. The molecule has 0 saturated heterocycles. The Morgan fingerprint density at radius 3 is 2.80 bits per heavy atom. The maximum atomic E-state index is 10.5. The minimum atomic E-state index is -0.536.